The van der Waals surface area contributed by atoms with E-state index in [1.165, 1.54) is 6.07 Å². The number of ether oxygens (including phenoxy) is 1. The number of likely N-dealkylation sites (N-methyl/N-ethyl adjacent to an activating group) is 1. The molecule has 1 unspecified atom stereocenters. The molecule has 0 saturated heterocycles. The van der Waals surface area contributed by atoms with Gasteiger partial charge in [-0.1, -0.05) is 36.4 Å². The highest BCUT2D eigenvalue weighted by molar-refractivity contribution is 5.29. The Morgan fingerprint density at radius 1 is 1.16 bits per heavy atom. The van der Waals surface area contributed by atoms with Crippen molar-refractivity contribution in [2.45, 2.75) is 13.0 Å². The number of benzene rings is 2. The van der Waals surface area contributed by atoms with Gasteiger partial charge in [0.15, 0.2) is 0 Å². The summed E-state index contributed by atoms with van der Waals surface area (Å²) >= 11 is 0. The minimum Gasteiger partial charge on any atom is -0.484 e. The Morgan fingerprint density at radius 2 is 1.89 bits per heavy atom. The minimum atomic E-state index is -0.242. The van der Waals surface area contributed by atoms with E-state index >= 15 is 0 Å². The lowest BCUT2D eigenvalue weighted by molar-refractivity contribution is 0.204. The van der Waals surface area contributed by atoms with Gasteiger partial charge >= 0.3 is 0 Å². The monoisotopic (exact) mass is 259 g/mol. The predicted molar refractivity (Wildman–Crippen MR) is 74.9 cm³/mol. The van der Waals surface area contributed by atoms with Crippen LogP contribution in [0.15, 0.2) is 48.5 Å². The Hall–Kier alpha value is -1.87. The van der Waals surface area contributed by atoms with E-state index in [9.17, 15) is 4.39 Å². The molecule has 0 fully saturated rings. The average Bonchev–Trinajstić information content (AvgIpc) is 2.43. The van der Waals surface area contributed by atoms with E-state index in [4.69, 9.17) is 4.74 Å². The molecule has 0 bridgehead atoms. The summed E-state index contributed by atoms with van der Waals surface area (Å²) in [6.07, 6.45) is -0.131. The van der Waals surface area contributed by atoms with Gasteiger partial charge in [0.25, 0.3) is 0 Å². The minimum absolute atomic E-state index is 0.131. The zero-order chi connectivity index (χ0) is 13.7. The molecule has 2 aromatic rings. The molecule has 0 heterocycles. The fourth-order valence-electron chi connectivity index (χ4n) is 1.89. The highest BCUT2D eigenvalue weighted by Gasteiger charge is 2.12. The predicted octanol–water partition coefficient (Wildman–Crippen LogP) is 3.47. The van der Waals surface area contributed by atoms with E-state index in [0.717, 1.165) is 5.56 Å². The third-order valence-corrected chi connectivity index (χ3v) is 2.98. The lowest BCUT2D eigenvalue weighted by Gasteiger charge is -2.19. The Balaban J connectivity index is 2.19. The van der Waals surface area contributed by atoms with Gasteiger partial charge in [0.1, 0.15) is 17.7 Å². The second kappa shape index (κ2) is 6.34. The molecule has 0 saturated carbocycles. The molecule has 0 amide bonds. The largest absolute Gasteiger partial charge is 0.484 e. The summed E-state index contributed by atoms with van der Waals surface area (Å²) < 4.78 is 19.4. The highest BCUT2D eigenvalue weighted by atomic mass is 19.1. The maximum atomic E-state index is 13.5. The molecule has 100 valence electrons. The SMILES string of the molecule is CNCC(Oc1ccc(C)c(F)c1)c1ccccc1. The molecule has 1 N–H and O–H groups in total. The smallest absolute Gasteiger partial charge is 0.136 e. The Morgan fingerprint density at radius 3 is 2.53 bits per heavy atom. The topological polar surface area (TPSA) is 21.3 Å². The van der Waals surface area contributed by atoms with Gasteiger partial charge in [0.05, 0.1) is 0 Å². The molecule has 0 spiro atoms. The van der Waals surface area contributed by atoms with Crippen molar-refractivity contribution < 1.29 is 9.13 Å². The summed E-state index contributed by atoms with van der Waals surface area (Å²) in [7, 11) is 1.87. The zero-order valence-electron chi connectivity index (χ0n) is 11.2. The number of aryl methyl sites for hydroxylation is 1. The van der Waals surface area contributed by atoms with Crippen LogP contribution in [0.2, 0.25) is 0 Å². The van der Waals surface area contributed by atoms with Gasteiger partial charge < -0.3 is 10.1 Å². The molecule has 1 atom stereocenters. The van der Waals surface area contributed by atoms with Crippen LogP contribution in [0.5, 0.6) is 5.75 Å². The third-order valence-electron chi connectivity index (χ3n) is 2.98. The molecule has 0 aromatic heterocycles. The fourth-order valence-corrected chi connectivity index (χ4v) is 1.89. The normalized spacial score (nSPS) is 12.2. The highest BCUT2D eigenvalue weighted by Crippen LogP contribution is 2.23. The van der Waals surface area contributed by atoms with Crippen LogP contribution >= 0.6 is 0 Å². The standard InChI is InChI=1S/C16H18FNO/c1-12-8-9-14(10-15(12)17)19-16(11-18-2)13-6-4-3-5-7-13/h3-10,16,18H,11H2,1-2H3. The first kappa shape index (κ1) is 13.6. The quantitative estimate of drug-likeness (QED) is 0.887. The van der Waals surface area contributed by atoms with Crippen molar-refractivity contribution in [3.8, 4) is 5.75 Å². The first-order valence-electron chi connectivity index (χ1n) is 6.33. The molecular weight excluding hydrogens is 241 g/mol. The zero-order valence-corrected chi connectivity index (χ0v) is 11.2. The molecule has 0 aliphatic heterocycles. The number of hydrogen-bond acceptors (Lipinski definition) is 2. The Labute approximate surface area is 113 Å². The number of rotatable bonds is 5. The molecule has 2 aromatic carbocycles. The van der Waals surface area contributed by atoms with Gasteiger partial charge in [-0.25, -0.2) is 4.39 Å². The molecular formula is C16H18FNO. The average molecular weight is 259 g/mol. The van der Waals surface area contributed by atoms with Crippen molar-refractivity contribution >= 4 is 0 Å². The van der Waals surface area contributed by atoms with Gasteiger partial charge in [-0.15, -0.1) is 0 Å². The first-order chi connectivity index (χ1) is 9.20. The molecule has 0 radical (unpaired) electrons. The van der Waals surface area contributed by atoms with E-state index in [1.807, 2.05) is 37.4 Å². The van der Waals surface area contributed by atoms with Crippen molar-refractivity contribution in [1.29, 1.82) is 0 Å². The van der Waals surface area contributed by atoms with Crippen LogP contribution < -0.4 is 10.1 Å². The van der Waals surface area contributed by atoms with E-state index < -0.39 is 0 Å². The van der Waals surface area contributed by atoms with Crippen LogP contribution in [0.1, 0.15) is 17.2 Å². The van der Waals surface area contributed by atoms with E-state index in [1.54, 1.807) is 19.1 Å². The molecule has 2 nitrogen and oxygen atoms in total. The Kier molecular flexibility index (Phi) is 4.53. The van der Waals surface area contributed by atoms with Gasteiger partial charge in [0.2, 0.25) is 0 Å². The molecule has 0 aliphatic rings. The van der Waals surface area contributed by atoms with Gasteiger partial charge in [-0.2, -0.15) is 0 Å². The van der Waals surface area contributed by atoms with E-state index in [-0.39, 0.29) is 11.9 Å². The van der Waals surface area contributed by atoms with Crippen molar-refractivity contribution in [2.24, 2.45) is 0 Å². The summed E-state index contributed by atoms with van der Waals surface area (Å²) in [5.41, 5.74) is 1.69. The lowest BCUT2D eigenvalue weighted by Crippen LogP contribution is -2.21. The van der Waals surface area contributed by atoms with Gasteiger partial charge in [0, 0.05) is 12.6 Å². The molecule has 3 heteroatoms. The summed E-state index contributed by atoms with van der Waals surface area (Å²) in [6, 6.07) is 14.9. The lowest BCUT2D eigenvalue weighted by atomic mass is 10.1. The van der Waals surface area contributed by atoms with Crippen LogP contribution in [0.4, 0.5) is 4.39 Å². The maximum absolute atomic E-state index is 13.5. The second-order valence-corrected chi connectivity index (χ2v) is 4.49. The van der Waals surface area contributed by atoms with E-state index in [0.29, 0.717) is 17.9 Å². The summed E-state index contributed by atoms with van der Waals surface area (Å²) in [5, 5.41) is 3.09. The van der Waals surface area contributed by atoms with Crippen molar-refractivity contribution in [2.75, 3.05) is 13.6 Å². The number of nitrogens with one attached hydrogen (secondary N) is 1. The number of hydrogen-bond donors (Lipinski definition) is 1. The van der Waals surface area contributed by atoms with Gasteiger partial charge in [-0.05, 0) is 31.2 Å². The second-order valence-electron chi connectivity index (χ2n) is 4.49. The fraction of sp³-hybridized carbons (Fsp3) is 0.250. The maximum Gasteiger partial charge on any atom is 0.136 e. The van der Waals surface area contributed by atoms with Crippen LogP contribution in [-0.4, -0.2) is 13.6 Å². The van der Waals surface area contributed by atoms with Crippen LogP contribution in [-0.2, 0) is 0 Å². The molecule has 0 aliphatic carbocycles. The van der Waals surface area contributed by atoms with E-state index in [2.05, 4.69) is 5.32 Å². The van der Waals surface area contributed by atoms with Gasteiger partial charge in [-0.3, -0.25) is 0 Å². The van der Waals surface area contributed by atoms with Crippen LogP contribution in [0.3, 0.4) is 0 Å². The summed E-state index contributed by atoms with van der Waals surface area (Å²) in [6.45, 7) is 2.40. The van der Waals surface area contributed by atoms with Crippen molar-refractivity contribution in [3.63, 3.8) is 0 Å². The van der Waals surface area contributed by atoms with Crippen LogP contribution in [0, 0.1) is 12.7 Å². The van der Waals surface area contributed by atoms with Crippen molar-refractivity contribution in [3.05, 3.63) is 65.5 Å². The molecule has 2 rings (SSSR count). The third kappa shape index (κ3) is 3.55. The van der Waals surface area contributed by atoms with Crippen LogP contribution in [0.25, 0.3) is 0 Å². The number of halogens is 1. The summed E-state index contributed by atoms with van der Waals surface area (Å²) in [4.78, 5) is 0. The molecule has 19 heavy (non-hydrogen) atoms. The first-order valence-corrected chi connectivity index (χ1v) is 6.33. The Bertz CT molecular complexity index is 528. The summed E-state index contributed by atoms with van der Waals surface area (Å²) in [5.74, 6) is 0.306. The van der Waals surface area contributed by atoms with Crippen molar-refractivity contribution in [1.82, 2.24) is 5.32 Å².